The molecular weight excluding hydrogens is 520 g/mol. The average molecular weight is 567 g/mol. The Morgan fingerprint density at radius 3 is 1.19 bits per heavy atom. The van der Waals surface area contributed by atoms with Crippen molar-refractivity contribution in [3.63, 3.8) is 0 Å². The van der Waals surface area contributed by atoms with E-state index >= 15 is 0 Å². The quantitative estimate of drug-likeness (QED) is 0.0577. The van der Waals surface area contributed by atoms with Gasteiger partial charge in [-0.2, -0.15) is 0 Å². The number of hydrogen-bond acceptors (Lipinski definition) is 6. The number of rotatable bonds is 17. The van der Waals surface area contributed by atoms with Crippen LogP contribution in [-0.4, -0.2) is 0 Å². The Hall–Kier alpha value is -4.00. The van der Waals surface area contributed by atoms with Crippen LogP contribution >= 0.6 is 0 Å². The van der Waals surface area contributed by atoms with E-state index in [2.05, 4.69) is 73.2 Å². The van der Waals surface area contributed by atoms with Crippen LogP contribution in [0.25, 0.3) is 0 Å². The van der Waals surface area contributed by atoms with Crippen LogP contribution < -0.4 is 32.0 Å². The average Bonchev–Trinajstić information content (AvgIpc) is 3.03. The molecule has 0 unspecified atom stereocenters. The fourth-order valence-corrected chi connectivity index (χ4v) is 5.36. The summed E-state index contributed by atoms with van der Waals surface area (Å²) < 4.78 is 12.2. The van der Waals surface area contributed by atoms with E-state index in [0.29, 0.717) is 0 Å². The van der Waals surface area contributed by atoms with Crippen LogP contribution in [0.15, 0.2) is 97.1 Å². The number of nitrogens with two attached hydrogens (primary N) is 2. The maximum absolute atomic E-state index is 6.10. The highest BCUT2D eigenvalue weighted by Gasteiger charge is 2.28. The second-order valence-corrected chi connectivity index (χ2v) is 11.1. The molecule has 0 spiro atoms. The second kappa shape index (κ2) is 15.9. The van der Waals surface area contributed by atoms with E-state index in [1.807, 2.05) is 48.5 Å². The summed E-state index contributed by atoms with van der Waals surface area (Å²) in [6.07, 6.45) is 11.5. The molecule has 4 aromatic rings. The summed E-state index contributed by atoms with van der Waals surface area (Å²) in [5.41, 5.74) is 9.38. The van der Waals surface area contributed by atoms with E-state index in [-0.39, 0.29) is 5.41 Å². The van der Waals surface area contributed by atoms with Crippen molar-refractivity contribution in [1.82, 2.24) is 0 Å². The maximum atomic E-state index is 6.10. The van der Waals surface area contributed by atoms with Crippen molar-refractivity contribution in [3.8, 4) is 23.0 Å². The van der Waals surface area contributed by atoms with E-state index in [1.54, 1.807) is 0 Å². The molecule has 6 N–H and O–H groups in total. The summed E-state index contributed by atoms with van der Waals surface area (Å²) in [5.74, 6) is 14.1. The first kappa shape index (κ1) is 30.9. The fraction of sp³-hybridized carbons (Fsp3) is 0.333. The second-order valence-electron chi connectivity index (χ2n) is 11.1. The number of benzene rings is 4. The molecule has 0 heterocycles. The van der Waals surface area contributed by atoms with Gasteiger partial charge in [-0.05, 0) is 90.3 Å². The summed E-state index contributed by atoms with van der Waals surface area (Å²) in [6.45, 7) is 4.63. The number of nitrogens with one attached hydrogen (secondary N) is 2. The number of unbranched alkanes of at least 4 members (excludes halogenated alkanes) is 7. The van der Waals surface area contributed by atoms with Crippen molar-refractivity contribution in [3.05, 3.63) is 108 Å². The van der Waals surface area contributed by atoms with Crippen LogP contribution in [0.2, 0.25) is 0 Å². The van der Waals surface area contributed by atoms with Crippen LogP contribution in [0, 0.1) is 0 Å². The Kier molecular flexibility index (Phi) is 11.7. The van der Waals surface area contributed by atoms with E-state index in [1.165, 1.54) is 62.5 Å². The van der Waals surface area contributed by atoms with Crippen molar-refractivity contribution in [2.75, 3.05) is 10.9 Å². The van der Waals surface area contributed by atoms with Gasteiger partial charge < -0.3 is 20.3 Å². The third kappa shape index (κ3) is 8.75. The van der Waals surface area contributed by atoms with Gasteiger partial charge in [0.15, 0.2) is 0 Å². The van der Waals surface area contributed by atoms with Crippen molar-refractivity contribution >= 4 is 11.4 Å². The van der Waals surface area contributed by atoms with Crippen LogP contribution in [0.4, 0.5) is 11.4 Å². The zero-order valence-corrected chi connectivity index (χ0v) is 25.1. The monoisotopic (exact) mass is 566 g/mol. The first-order valence-electron chi connectivity index (χ1n) is 15.2. The zero-order valence-electron chi connectivity index (χ0n) is 25.1. The van der Waals surface area contributed by atoms with Gasteiger partial charge in [0.2, 0.25) is 0 Å². The van der Waals surface area contributed by atoms with Gasteiger partial charge >= 0.3 is 0 Å². The summed E-state index contributed by atoms with van der Waals surface area (Å²) in [6, 6.07) is 32.3. The van der Waals surface area contributed by atoms with Gasteiger partial charge in [-0.25, -0.2) is 0 Å². The molecular formula is C36H46N4O2. The largest absolute Gasteiger partial charge is 0.457 e. The highest BCUT2D eigenvalue weighted by molar-refractivity contribution is 5.48. The van der Waals surface area contributed by atoms with Crippen molar-refractivity contribution in [2.24, 2.45) is 11.7 Å². The van der Waals surface area contributed by atoms with Crippen molar-refractivity contribution < 1.29 is 9.47 Å². The molecule has 6 heteroatoms. The van der Waals surface area contributed by atoms with Crippen LogP contribution in [-0.2, 0) is 5.41 Å². The first-order valence-corrected chi connectivity index (χ1v) is 15.2. The number of nitrogen functional groups attached to an aromatic ring is 2. The van der Waals surface area contributed by atoms with Gasteiger partial charge in [-0.3, -0.25) is 11.7 Å². The van der Waals surface area contributed by atoms with Gasteiger partial charge in [-0.15, -0.1) is 0 Å². The maximum Gasteiger partial charge on any atom is 0.127 e. The first-order chi connectivity index (χ1) is 20.5. The molecule has 0 atom stereocenters. The standard InChI is InChI=1S/C36H46N4O2/c1-3-4-5-6-7-8-9-10-27-36(2,28-11-19-32(20-12-28)41-34-23-15-30(39-37)16-24-34)29-13-21-33(22-14-29)42-35-25-17-31(40-38)18-26-35/h11-26,39-40H,3-10,27,37-38H2,1-2H3. The highest BCUT2D eigenvalue weighted by Crippen LogP contribution is 2.39. The van der Waals surface area contributed by atoms with E-state index < -0.39 is 0 Å². The van der Waals surface area contributed by atoms with E-state index in [0.717, 1.165) is 40.8 Å². The molecule has 42 heavy (non-hydrogen) atoms. The lowest BCUT2D eigenvalue weighted by Crippen LogP contribution is -2.23. The lowest BCUT2D eigenvalue weighted by atomic mass is 9.72. The number of hydrogen-bond donors (Lipinski definition) is 4. The Morgan fingerprint density at radius 2 is 0.833 bits per heavy atom. The molecule has 0 radical (unpaired) electrons. The minimum Gasteiger partial charge on any atom is -0.457 e. The van der Waals surface area contributed by atoms with Crippen LogP contribution in [0.1, 0.15) is 82.8 Å². The summed E-state index contributed by atoms with van der Waals surface area (Å²) >= 11 is 0. The van der Waals surface area contributed by atoms with Gasteiger partial charge in [0.1, 0.15) is 23.0 Å². The molecule has 0 saturated carbocycles. The number of ether oxygens (including phenoxy) is 2. The Morgan fingerprint density at radius 1 is 0.500 bits per heavy atom. The van der Waals surface area contributed by atoms with Crippen molar-refractivity contribution in [2.45, 2.75) is 77.0 Å². The Bertz CT molecular complexity index is 1230. The molecule has 6 nitrogen and oxygen atoms in total. The van der Waals surface area contributed by atoms with Crippen molar-refractivity contribution in [1.29, 1.82) is 0 Å². The Labute approximate surface area is 251 Å². The predicted octanol–water partition coefficient (Wildman–Crippen LogP) is 9.68. The Balaban J connectivity index is 1.47. The smallest absolute Gasteiger partial charge is 0.127 e. The molecule has 0 aliphatic carbocycles. The molecule has 222 valence electrons. The third-order valence-electron chi connectivity index (χ3n) is 8.03. The lowest BCUT2D eigenvalue weighted by molar-refractivity contribution is 0.462. The summed E-state index contributed by atoms with van der Waals surface area (Å²) in [4.78, 5) is 0. The van der Waals surface area contributed by atoms with Gasteiger partial charge in [0.05, 0.1) is 0 Å². The molecule has 0 aromatic heterocycles. The number of anilines is 2. The minimum absolute atomic E-state index is 0.137. The van der Waals surface area contributed by atoms with E-state index in [9.17, 15) is 0 Å². The normalized spacial score (nSPS) is 11.2. The summed E-state index contributed by atoms with van der Waals surface area (Å²) in [5, 5.41) is 0. The SMILES string of the molecule is CCCCCCCCCCC(C)(c1ccc(Oc2ccc(NN)cc2)cc1)c1ccc(Oc2ccc(NN)cc2)cc1. The van der Waals surface area contributed by atoms with Gasteiger partial charge in [0, 0.05) is 16.8 Å². The van der Waals surface area contributed by atoms with Gasteiger partial charge in [0.25, 0.3) is 0 Å². The van der Waals surface area contributed by atoms with E-state index in [4.69, 9.17) is 21.2 Å². The summed E-state index contributed by atoms with van der Waals surface area (Å²) in [7, 11) is 0. The van der Waals surface area contributed by atoms with Crippen LogP contribution in [0.3, 0.4) is 0 Å². The number of hydrazine groups is 2. The molecule has 0 amide bonds. The molecule has 0 aliphatic rings. The molecule has 0 bridgehead atoms. The fourth-order valence-electron chi connectivity index (χ4n) is 5.36. The topological polar surface area (TPSA) is 94.6 Å². The molecule has 0 saturated heterocycles. The van der Waals surface area contributed by atoms with Gasteiger partial charge in [-0.1, -0.05) is 89.5 Å². The molecule has 4 aromatic carbocycles. The predicted molar refractivity (Wildman–Crippen MR) is 175 cm³/mol. The molecule has 0 aliphatic heterocycles. The molecule has 0 fully saturated rings. The van der Waals surface area contributed by atoms with Crippen LogP contribution in [0.5, 0.6) is 23.0 Å². The lowest BCUT2D eigenvalue weighted by Gasteiger charge is -2.31. The molecule has 4 rings (SSSR count). The highest BCUT2D eigenvalue weighted by atomic mass is 16.5. The zero-order chi connectivity index (χ0) is 29.6. The minimum atomic E-state index is -0.137. The third-order valence-corrected chi connectivity index (χ3v) is 8.03.